The Morgan fingerprint density at radius 2 is 1.16 bits per heavy atom. The lowest BCUT2D eigenvalue weighted by Crippen LogP contribution is -2.17. The molecule has 8 aromatic rings. The third-order valence-electron chi connectivity index (χ3n) is 10.4. The van der Waals surface area contributed by atoms with E-state index in [4.69, 9.17) is 34.6 Å². The Balaban J connectivity index is 1.59. The number of rotatable bonds is 6. The summed E-state index contributed by atoms with van der Waals surface area (Å²) in [5.74, 6) is -1.75. The summed E-state index contributed by atoms with van der Waals surface area (Å²) < 4.78 is 158. The van der Waals surface area contributed by atoms with Gasteiger partial charge in [-0.15, -0.1) is 0 Å². The molecule has 8 rings (SSSR count). The topological polar surface area (TPSA) is 50.9 Å². The van der Waals surface area contributed by atoms with E-state index in [1.807, 2.05) is 93.6 Å². The molecule has 0 saturated carbocycles. The molecule has 1 N–H and O–H groups in total. The van der Waals surface area contributed by atoms with Crippen LogP contribution in [0, 0.1) is 0 Å². The first-order chi connectivity index (χ1) is 35.1. The van der Waals surface area contributed by atoms with Crippen LogP contribution in [-0.2, 0) is 16.2 Å². The molecule has 2 aromatic heterocycles. The van der Waals surface area contributed by atoms with Gasteiger partial charge in [-0.05, 0) is 92.1 Å². The standard InChI is InChI=1S/C54H53N3O/c1-52(2,3)40-30-38(29-39(31-40)46-32-37(27-28-55-46)35-19-12-10-13-20-35)43-24-18-26-48-49(43)56-51(44-33-41(53(4,5)6)34-45(50(44)58)54(7,8)9)57(48)47-25-17-16-23-42(47)36-21-14-11-15-22-36/h10-34,58H,1-9H3/i4D3,5D3,6D3,7D3,8D3,9D3. The molecule has 0 saturated heterocycles. The van der Waals surface area contributed by atoms with E-state index in [1.54, 1.807) is 66.9 Å². The second-order valence-corrected chi connectivity index (χ2v) is 15.6. The Kier molecular flexibility index (Phi) is 5.69. The minimum absolute atomic E-state index is 0.192. The molecule has 6 aromatic carbocycles. The fraction of sp³-hybridized carbons (Fsp3) is 0.222. The number of aromatic nitrogens is 3. The number of para-hydroxylation sites is 2. The molecule has 0 radical (unpaired) electrons. The zero-order valence-electron chi connectivity index (χ0n) is 50.2. The van der Waals surface area contributed by atoms with Crippen LogP contribution < -0.4 is 0 Å². The number of nitrogens with zero attached hydrogens (tertiary/aromatic N) is 3. The van der Waals surface area contributed by atoms with Crippen molar-refractivity contribution < 1.29 is 29.8 Å². The monoisotopic (exact) mass is 778 g/mol. The Labute approximate surface area is 369 Å². The highest BCUT2D eigenvalue weighted by Gasteiger charge is 2.29. The lowest BCUT2D eigenvalue weighted by atomic mass is 9.79. The van der Waals surface area contributed by atoms with Crippen molar-refractivity contribution >= 4 is 11.0 Å². The van der Waals surface area contributed by atoms with Crippen molar-refractivity contribution in [3.8, 4) is 67.5 Å². The van der Waals surface area contributed by atoms with Crippen LogP contribution in [0.3, 0.4) is 0 Å². The average Bonchev–Trinajstić information content (AvgIpc) is 3.73. The maximum atomic E-state index is 12.9. The minimum Gasteiger partial charge on any atom is -0.507 e. The lowest BCUT2D eigenvalue weighted by Gasteiger charge is -2.27. The summed E-state index contributed by atoms with van der Waals surface area (Å²) in [6.45, 7) is -18.3. The van der Waals surface area contributed by atoms with Crippen LogP contribution in [0.4, 0.5) is 0 Å². The molecule has 0 atom stereocenters. The second kappa shape index (κ2) is 14.6. The fourth-order valence-electron chi connectivity index (χ4n) is 7.36. The number of pyridine rings is 1. The van der Waals surface area contributed by atoms with Crippen molar-refractivity contribution in [1.82, 2.24) is 14.5 Å². The van der Waals surface area contributed by atoms with Crippen molar-refractivity contribution in [2.45, 2.75) is 78.1 Å². The molecule has 58 heavy (non-hydrogen) atoms. The van der Waals surface area contributed by atoms with E-state index in [1.165, 1.54) is 4.57 Å². The first kappa shape index (κ1) is 22.6. The summed E-state index contributed by atoms with van der Waals surface area (Å²) in [6.07, 6.45) is 1.72. The van der Waals surface area contributed by atoms with Gasteiger partial charge in [0.2, 0.25) is 0 Å². The number of phenolic OH excluding ortho intramolecular Hbond substituents is 1. The number of aromatic hydroxyl groups is 1. The number of imidazole rings is 1. The van der Waals surface area contributed by atoms with Crippen molar-refractivity contribution in [2.24, 2.45) is 0 Å². The van der Waals surface area contributed by atoms with Crippen LogP contribution in [0.25, 0.3) is 72.7 Å². The highest BCUT2D eigenvalue weighted by molar-refractivity contribution is 5.98. The van der Waals surface area contributed by atoms with E-state index < -0.39 is 85.6 Å². The summed E-state index contributed by atoms with van der Waals surface area (Å²) in [4.78, 5) is 9.91. The number of hydrogen-bond donors (Lipinski definition) is 1. The van der Waals surface area contributed by atoms with E-state index in [2.05, 4.69) is 0 Å². The normalized spacial score (nSPS) is 18.2. The molecule has 0 aliphatic carbocycles. The number of hydrogen-bond acceptors (Lipinski definition) is 3. The Bertz CT molecular complexity index is 3380. The van der Waals surface area contributed by atoms with Gasteiger partial charge >= 0.3 is 0 Å². The van der Waals surface area contributed by atoms with E-state index in [-0.39, 0.29) is 11.0 Å². The quantitative estimate of drug-likeness (QED) is 0.183. The molecule has 2 heterocycles. The van der Waals surface area contributed by atoms with Gasteiger partial charge in [-0.1, -0.05) is 165 Å². The summed E-state index contributed by atoms with van der Waals surface area (Å²) in [5.41, 5.74) is -4.78. The van der Waals surface area contributed by atoms with E-state index >= 15 is 0 Å². The van der Waals surface area contributed by atoms with Crippen LogP contribution >= 0.6 is 0 Å². The van der Waals surface area contributed by atoms with Gasteiger partial charge in [-0.3, -0.25) is 9.55 Å². The molecule has 0 amide bonds. The lowest BCUT2D eigenvalue weighted by molar-refractivity contribution is 0.446. The molecule has 0 unspecified atom stereocenters. The zero-order chi connectivity index (χ0) is 56.0. The van der Waals surface area contributed by atoms with Gasteiger partial charge < -0.3 is 5.11 Å². The highest BCUT2D eigenvalue weighted by Crippen LogP contribution is 2.45. The third-order valence-corrected chi connectivity index (χ3v) is 10.4. The van der Waals surface area contributed by atoms with Crippen LogP contribution in [0.5, 0.6) is 5.75 Å². The Hall–Kier alpha value is -6.26. The third kappa shape index (κ3) is 7.36. The second-order valence-electron chi connectivity index (χ2n) is 15.6. The van der Waals surface area contributed by atoms with Crippen LogP contribution in [0.2, 0.25) is 0 Å². The van der Waals surface area contributed by atoms with Crippen LogP contribution in [0.1, 0.15) is 103 Å². The highest BCUT2D eigenvalue weighted by atomic mass is 16.3. The molecule has 0 bridgehead atoms. The minimum atomic E-state index is -4.12. The van der Waals surface area contributed by atoms with Crippen molar-refractivity contribution in [3.63, 3.8) is 0 Å². The van der Waals surface area contributed by atoms with Gasteiger partial charge in [-0.25, -0.2) is 4.98 Å². The van der Waals surface area contributed by atoms with Crippen molar-refractivity contribution in [1.29, 1.82) is 0 Å². The summed E-state index contributed by atoms with van der Waals surface area (Å²) >= 11 is 0. The van der Waals surface area contributed by atoms with Gasteiger partial charge in [0, 0.05) is 53.1 Å². The SMILES string of the molecule is [2H]C([2H])([2H])C(c1cc(-c2nc3c(-c4cc(-c5cc(-c6ccccc6)ccn5)cc(C(C)(C)C)c4)cccc3n2-c2ccccc2-c2ccccc2)c(O)c(C(C([2H])([2H])[2H])(C([2H])([2H])[2H])C([2H])([2H])[2H])c1)(C([2H])([2H])[2H])C([2H])([2H])[2H]. The Morgan fingerprint density at radius 3 is 1.86 bits per heavy atom. The fourth-order valence-corrected chi connectivity index (χ4v) is 7.36. The number of phenols is 1. The maximum Gasteiger partial charge on any atom is 0.149 e. The Morgan fingerprint density at radius 1 is 0.517 bits per heavy atom. The molecular formula is C54H53N3O. The van der Waals surface area contributed by atoms with Crippen molar-refractivity contribution in [3.05, 3.63) is 168 Å². The molecule has 4 heteroatoms. The van der Waals surface area contributed by atoms with E-state index in [0.29, 0.717) is 39.7 Å². The summed E-state index contributed by atoms with van der Waals surface area (Å²) in [7, 11) is 0. The van der Waals surface area contributed by atoms with Gasteiger partial charge in [0.05, 0.1) is 28.0 Å². The molecule has 290 valence electrons. The predicted molar refractivity (Wildman–Crippen MR) is 244 cm³/mol. The molecule has 4 nitrogen and oxygen atoms in total. The molecule has 0 fully saturated rings. The summed E-state index contributed by atoms with van der Waals surface area (Å²) in [5, 5.41) is 12.9. The van der Waals surface area contributed by atoms with Gasteiger partial charge in [0.15, 0.2) is 0 Å². The van der Waals surface area contributed by atoms with Crippen LogP contribution in [0.15, 0.2) is 152 Å². The molecule has 0 aliphatic rings. The van der Waals surface area contributed by atoms with E-state index in [0.717, 1.165) is 28.3 Å². The summed E-state index contributed by atoms with van der Waals surface area (Å²) in [6, 6.07) is 41.7. The van der Waals surface area contributed by atoms with Gasteiger partial charge in [0.25, 0.3) is 0 Å². The van der Waals surface area contributed by atoms with Crippen LogP contribution in [-0.4, -0.2) is 19.6 Å². The number of benzene rings is 6. The smallest absolute Gasteiger partial charge is 0.149 e. The first-order valence-corrected chi connectivity index (χ1v) is 18.8. The van der Waals surface area contributed by atoms with Crippen molar-refractivity contribution in [2.75, 3.05) is 0 Å². The predicted octanol–water partition coefficient (Wildman–Crippen LogP) is 14.4. The zero-order valence-corrected chi connectivity index (χ0v) is 32.2. The largest absolute Gasteiger partial charge is 0.507 e. The van der Waals surface area contributed by atoms with Gasteiger partial charge in [0.1, 0.15) is 11.6 Å². The number of fused-ring (bicyclic) bond motifs is 1. The van der Waals surface area contributed by atoms with E-state index in [9.17, 15) is 5.11 Å². The maximum absolute atomic E-state index is 12.9. The molecule has 0 aliphatic heterocycles. The molecular weight excluding hydrogens is 707 g/mol. The first-order valence-electron chi connectivity index (χ1n) is 27.8. The van der Waals surface area contributed by atoms with Gasteiger partial charge in [-0.2, -0.15) is 0 Å². The average molecular weight is 778 g/mol. The molecule has 0 spiro atoms.